The Hall–Kier alpha value is -1.17. The van der Waals surface area contributed by atoms with Crippen LogP contribution in [0.4, 0.5) is 3.89 Å². The Morgan fingerprint density at radius 3 is 2.79 bits per heavy atom. The summed E-state index contributed by atoms with van der Waals surface area (Å²) in [6, 6.07) is 1.62. The predicted octanol–water partition coefficient (Wildman–Crippen LogP) is 0.932. The number of nitrogens with zero attached hydrogens (tertiary/aromatic N) is 1. The first-order valence-corrected chi connectivity index (χ1v) is 5.47. The van der Waals surface area contributed by atoms with E-state index in [9.17, 15) is 12.3 Å². The Morgan fingerprint density at radius 1 is 1.50 bits per heavy atom. The van der Waals surface area contributed by atoms with Gasteiger partial charge in [-0.3, -0.25) is 4.98 Å². The Morgan fingerprint density at radius 2 is 2.21 bits per heavy atom. The number of pyridine rings is 1. The van der Waals surface area contributed by atoms with Crippen molar-refractivity contribution in [3.63, 3.8) is 0 Å². The van der Waals surface area contributed by atoms with Crippen molar-refractivity contribution >= 4 is 10.2 Å². The minimum Gasteiger partial charge on any atom is -0.495 e. The number of methoxy groups -OCH3 is 1. The van der Waals surface area contributed by atoms with Gasteiger partial charge in [-0.05, 0) is 18.1 Å². The molecule has 6 heteroatoms. The van der Waals surface area contributed by atoms with Crippen molar-refractivity contribution in [2.75, 3.05) is 12.9 Å². The summed E-state index contributed by atoms with van der Waals surface area (Å²) in [4.78, 5) is 3.81. The third kappa shape index (κ3) is 3.69. The molecule has 0 fully saturated rings. The molecular formula is C8H10FNO3S. The predicted molar refractivity (Wildman–Crippen MR) is 49.4 cm³/mol. The number of hydrogen-bond donors (Lipinski definition) is 0. The van der Waals surface area contributed by atoms with Gasteiger partial charge in [-0.1, -0.05) is 0 Å². The van der Waals surface area contributed by atoms with Gasteiger partial charge in [0.05, 0.1) is 19.1 Å². The van der Waals surface area contributed by atoms with Gasteiger partial charge in [0.25, 0.3) is 0 Å². The van der Waals surface area contributed by atoms with Crippen LogP contribution in [0, 0.1) is 0 Å². The lowest BCUT2D eigenvalue weighted by atomic mass is 10.2. The average molecular weight is 219 g/mol. The Balaban J connectivity index is 2.68. The molecule has 0 atom stereocenters. The Labute approximate surface area is 81.9 Å². The van der Waals surface area contributed by atoms with Crippen LogP contribution in [0.15, 0.2) is 18.5 Å². The molecule has 0 aliphatic heterocycles. The first-order chi connectivity index (χ1) is 6.51. The minimum absolute atomic E-state index is 0.100. The van der Waals surface area contributed by atoms with Gasteiger partial charge in [0.1, 0.15) is 5.75 Å². The second kappa shape index (κ2) is 4.36. The first-order valence-electron chi connectivity index (χ1n) is 3.91. The van der Waals surface area contributed by atoms with Crippen LogP contribution in [0.1, 0.15) is 5.56 Å². The summed E-state index contributed by atoms with van der Waals surface area (Å²) in [6.45, 7) is 0. The minimum atomic E-state index is -4.41. The third-order valence-corrected chi connectivity index (χ3v) is 2.33. The van der Waals surface area contributed by atoms with Crippen molar-refractivity contribution in [3.8, 4) is 5.75 Å². The molecule has 0 saturated heterocycles. The quantitative estimate of drug-likeness (QED) is 0.707. The van der Waals surface area contributed by atoms with E-state index in [4.69, 9.17) is 4.74 Å². The molecule has 0 saturated carbocycles. The van der Waals surface area contributed by atoms with Gasteiger partial charge in [-0.25, -0.2) is 0 Å². The van der Waals surface area contributed by atoms with E-state index in [0.29, 0.717) is 11.3 Å². The van der Waals surface area contributed by atoms with Crippen molar-refractivity contribution in [2.45, 2.75) is 6.42 Å². The van der Waals surface area contributed by atoms with Crippen molar-refractivity contribution in [3.05, 3.63) is 24.0 Å². The van der Waals surface area contributed by atoms with Crippen molar-refractivity contribution in [1.82, 2.24) is 4.98 Å². The summed E-state index contributed by atoms with van der Waals surface area (Å²) < 4.78 is 37.5. The zero-order valence-corrected chi connectivity index (χ0v) is 8.42. The van der Waals surface area contributed by atoms with Crippen LogP contribution in [0.5, 0.6) is 5.75 Å². The van der Waals surface area contributed by atoms with Crippen molar-refractivity contribution in [1.29, 1.82) is 0 Å². The van der Waals surface area contributed by atoms with Gasteiger partial charge >= 0.3 is 10.2 Å². The van der Waals surface area contributed by atoms with Gasteiger partial charge in [-0.2, -0.15) is 8.42 Å². The zero-order valence-electron chi connectivity index (χ0n) is 7.60. The zero-order chi connectivity index (χ0) is 10.6. The summed E-state index contributed by atoms with van der Waals surface area (Å²) in [7, 11) is -2.93. The molecule has 0 N–H and O–H groups in total. The number of aryl methyl sites for hydroxylation is 1. The van der Waals surface area contributed by atoms with Gasteiger partial charge in [-0.15, -0.1) is 3.89 Å². The van der Waals surface area contributed by atoms with E-state index < -0.39 is 16.0 Å². The maximum absolute atomic E-state index is 12.2. The van der Waals surface area contributed by atoms with Gasteiger partial charge in [0.15, 0.2) is 0 Å². The SMILES string of the molecule is COc1cncc(CCS(=O)(=O)F)c1. The number of aromatic nitrogens is 1. The largest absolute Gasteiger partial charge is 0.495 e. The molecule has 14 heavy (non-hydrogen) atoms. The van der Waals surface area contributed by atoms with Crippen LogP contribution in [-0.4, -0.2) is 26.3 Å². The second-order valence-electron chi connectivity index (χ2n) is 2.73. The highest BCUT2D eigenvalue weighted by Crippen LogP contribution is 2.11. The molecule has 0 aliphatic rings. The highest BCUT2D eigenvalue weighted by Gasteiger charge is 2.07. The summed E-state index contributed by atoms with van der Waals surface area (Å²) in [5.41, 5.74) is 0.630. The summed E-state index contributed by atoms with van der Waals surface area (Å²) in [6.07, 6.45) is 3.07. The summed E-state index contributed by atoms with van der Waals surface area (Å²) in [5.74, 6) is 0.000681. The molecule has 0 aromatic carbocycles. The van der Waals surface area contributed by atoms with Crippen LogP contribution >= 0.6 is 0 Å². The lowest BCUT2D eigenvalue weighted by molar-refractivity contribution is 0.412. The van der Waals surface area contributed by atoms with Crippen molar-refractivity contribution < 1.29 is 17.0 Å². The number of halogens is 1. The highest BCUT2D eigenvalue weighted by molar-refractivity contribution is 7.86. The summed E-state index contributed by atoms with van der Waals surface area (Å²) >= 11 is 0. The maximum Gasteiger partial charge on any atom is 0.302 e. The molecule has 1 rings (SSSR count). The topological polar surface area (TPSA) is 56.3 Å². The van der Waals surface area contributed by atoms with Crippen LogP contribution in [-0.2, 0) is 16.6 Å². The molecule has 0 amide bonds. The standard InChI is InChI=1S/C8H10FNO3S/c1-13-8-4-7(5-10-6-8)2-3-14(9,11)12/h4-6H,2-3H2,1H3. The van der Waals surface area contributed by atoms with Crippen LogP contribution in [0.3, 0.4) is 0 Å². The molecule has 1 aromatic heterocycles. The van der Waals surface area contributed by atoms with E-state index in [0.717, 1.165) is 0 Å². The third-order valence-electron chi connectivity index (χ3n) is 1.64. The van der Waals surface area contributed by atoms with E-state index >= 15 is 0 Å². The highest BCUT2D eigenvalue weighted by atomic mass is 32.3. The fraction of sp³-hybridized carbons (Fsp3) is 0.375. The molecule has 78 valence electrons. The molecule has 4 nitrogen and oxygen atoms in total. The molecule has 0 bridgehead atoms. The number of ether oxygens (including phenoxy) is 1. The smallest absolute Gasteiger partial charge is 0.302 e. The number of rotatable bonds is 4. The van der Waals surface area contributed by atoms with Gasteiger partial charge in [0.2, 0.25) is 0 Å². The molecule has 0 radical (unpaired) electrons. The van der Waals surface area contributed by atoms with Crippen molar-refractivity contribution in [2.24, 2.45) is 0 Å². The molecule has 0 spiro atoms. The fourth-order valence-electron chi connectivity index (χ4n) is 0.952. The monoisotopic (exact) mass is 219 g/mol. The fourth-order valence-corrected chi connectivity index (χ4v) is 1.43. The van der Waals surface area contributed by atoms with Gasteiger partial charge < -0.3 is 4.74 Å². The summed E-state index contributed by atoms with van der Waals surface area (Å²) in [5, 5.41) is 0. The normalized spacial score (nSPS) is 11.3. The maximum atomic E-state index is 12.2. The van der Waals surface area contributed by atoms with E-state index in [1.807, 2.05) is 0 Å². The molecule has 1 heterocycles. The van der Waals surface area contributed by atoms with Gasteiger partial charge in [0, 0.05) is 6.20 Å². The average Bonchev–Trinajstić information content (AvgIpc) is 2.14. The Bertz CT molecular complexity index is 405. The number of hydrogen-bond acceptors (Lipinski definition) is 4. The van der Waals surface area contributed by atoms with Crippen LogP contribution in [0.25, 0.3) is 0 Å². The molecular weight excluding hydrogens is 209 g/mol. The molecule has 0 unspecified atom stereocenters. The lowest BCUT2D eigenvalue weighted by Gasteiger charge is -2.01. The Kier molecular flexibility index (Phi) is 3.40. The molecule has 0 aliphatic carbocycles. The lowest BCUT2D eigenvalue weighted by Crippen LogP contribution is -2.02. The van der Waals surface area contributed by atoms with E-state index in [1.165, 1.54) is 19.5 Å². The van der Waals surface area contributed by atoms with Crippen LogP contribution in [0.2, 0.25) is 0 Å². The first kappa shape index (κ1) is 10.9. The second-order valence-corrected chi connectivity index (χ2v) is 4.21. The molecule has 1 aromatic rings. The van der Waals surface area contributed by atoms with E-state index in [1.54, 1.807) is 6.07 Å². The van der Waals surface area contributed by atoms with E-state index in [2.05, 4.69) is 4.98 Å². The van der Waals surface area contributed by atoms with Crippen LogP contribution < -0.4 is 4.74 Å². The van der Waals surface area contributed by atoms with E-state index in [-0.39, 0.29) is 6.42 Å².